The molecule has 0 spiro atoms. The molecule has 0 aromatic rings. The average molecular weight is 408 g/mol. The van der Waals surface area contributed by atoms with Gasteiger partial charge in [-0.1, -0.05) is 19.8 Å². The van der Waals surface area contributed by atoms with E-state index >= 15 is 0 Å². The van der Waals surface area contributed by atoms with Crippen molar-refractivity contribution in [1.29, 1.82) is 0 Å². The molecule has 2 fully saturated rings. The Morgan fingerprint density at radius 3 is 2.57 bits per heavy atom. The summed E-state index contributed by atoms with van der Waals surface area (Å²) in [4.78, 5) is 6.97. The third-order valence-electron chi connectivity index (χ3n) is 4.80. The zero-order chi connectivity index (χ0) is 14.4. The SMILES string of the molecule is CN=C(NCC(C)N1CCCC(C)C1)NC1CCCC1.I. The molecule has 2 N–H and O–H groups in total. The van der Waals surface area contributed by atoms with E-state index in [1.165, 1.54) is 51.6 Å². The van der Waals surface area contributed by atoms with Gasteiger partial charge in [-0.2, -0.15) is 0 Å². The summed E-state index contributed by atoms with van der Waals surface area (Å²) < 4.78 is 0. The molecule has 1 aliphatic heterocycles. The van der Waals surface area contributed by atoms with Crippen molar-refractivity contribution >= 4 is 29.9 Å². The first-order valence-corrected chi connectivity index (χ1v) is 8.40. The molecule has 0 amide bonds. The summed E-state index contributed by atoms with van der Waals surface area (Å²) >= 11 is 0. The second-order valence-electron chi connectivity index (χ2n) is 6.67. The molecule has 0 radical (unpaired) electrons. The summed E-state index contributed by atoms with van der Waals surface area (Å²) in [5.41, 5.74) is 0. The largest absolute Gasteiger partial charge is 0.355 e. The quantitative estimate of drug-likeness (QED) is 0.427. The lowest BCUT2D eigenvalue weighted by molar-refractivity contribution is 0.139. The van der Waals surface area contributed by atoms with Crippen LogP contribution in [0.2, 0.25) is 0 Å². The number of guanidine groups is 1. The van der Waals surface area contributed by atoms with Crippen molar-refractivity contribution in [3.8, 4) is 0 Å². The number of rotatable bonds is 4. The maximum Gasteiger partial charge on any atom is 0.191 e. The van der Waals surface area contributed by atoms with Crippen LogP contribution in [0.3, 0.4) is 0 Å². The van der Waals surface area contributed by atoms with Crippen LogP contribution in [-0.2, 0) is 0 Å². The summed E-state index contributed by atoms with van der Waals surface area (Å²) in [7, 11) is 1.87. The smallest absolute Gasteiger partial charge is 0.191 e. The number of hydrogen-bond donors (Lipinski definition) is 2. The molecule has 0 aromatic carbocycles. The number of hydrogen-bond acceptors (Lipinski definition) is 2. The van der Waals surface area contributed by atoms with Gasteiger partial charge in [0.25, 0.3) is 0 Å². The van der Waals surface area contributed by atoms with E-state index in [4.69, 9.17) is 0 Å². The maximum atomic E-state index is 4.36. The van der Waals surface area contributed by atoms with Crippen molar-refractivity contribution < 1.29 is 0 Å². The molecule has 0 aromatic heterocycles. The van der Waals surface area contributed by atoms with Gasteiger partial charge in [0.05, 0.1) is 0 Å². The highest BCUT2D eigenvalue weighted by atomic mass is 127. The number of aliphatic imine (C=N–C) groups is 1. The first-order chi connectivity index (χ1) is 9.69. The molecule has 21 heavy (non-hydrogen) atoms. The fourth-order valence-electron chi connectivity index (χ4n) is 3.46. The minimum absolute atomic E-state index is 0. The topological polar surface area (TPSA) is 39.7 Å². The van der Waals surface area contributed by atoms with Gasteiger partial charge in [0.2, 0.25) is 0 Å². The van der Waals surface area contributed by atoms with Gasteiger partial charge < -0.3 is 10.6 Å². The van der Waals surface area contributed by atoms with Gasteiger partial charge in [-0.05, 0) is 45.1 Å². The Kier molecular flexibility index (Phi) is 8.94. The zero-order valence-corrected chi connectivity index (χ0v) is 16.2. The number of piperidine rings is 1. The first kappa shape index (κ1) is 19.0. The lowest BCUT2D eigenvalue weighted by atomic mass is 9.99. The van der Waals surface area contributed by atoms with E-state index in [-0.39, 0.29) is 24.0 Å². The summed E-state index contributed by atoms with van der Waals surface area (Å²) in [6.07, 6.45) is 8.04. The highest BCUT2D eigenvalue weighted by molar-refractivity contribution is 14.0. The molecule has 1 saturated heterocycles. The second kappa shape index (κ2) is 9.87. The van der Waals surface area contributed by atoms with Crippen LogP contribution in [0.1, 0.15) is 52.4 Å². The van der Waals surface area contributed by atoms with Crippen molar-refractivity contribution in [3.05, 3.63) is 0 Å². The van der Waals surface area contributed by atoms with Gasteiger partial charge in [-0.25, -0.2) is 0 Å². The van der Waals surface area contributed by atoms with E-state index < -0.39 is 0 Å². The highest BCUT2D eigenvalue weighted by Crippen LogP contribution is 2.18. The van der Waals surface area contributed by atoms with Crippen molar-refractivity contribution in [3.63, 3.8) is 0 Å². The fraction of sp³-hybridized carbons (Fsp3) is 0.938. The Labute approximate surface area is 147 Å². The van der Waals surface area contributed by atoms with Gasteiger partial charge >= 0.3 is 0 Å². The number of nitrogens with one attached hydrogen (secondary N) is 2. The molecule has 1 saturated carbocycles. The van der Waals surface area contributed by atoms with Crippen LogP contribution in [0.25, 0.3) is 0 Å². The monoisotopic (exact) mass is 408 g/mol. The van der Waals surface area contributed by atoms with E-state index in [0.29, 0.717) is 12.1 Å². The summed E-state index contributed by atoms with van der Waals surface area (Å²) in [6.45, 7) is 8.18. The highest BCUT2D eigenvalue weighted by Gasteiger charge is 2.21. The fourth-order valence-corrected chi connectivity index (χ4v) is 3.46. The van der Waals surface area contributed by atoms with E-state index in [1.807, 2.05) is 7.05 Å². The molecular formula is C16H33IN4. The molecule has 1 aliphatic carbocycles. The van der Waals surface area contributed by atoms with Gasteiger partial charge in [0.1, 0.15) is 0 Å². The summed E-state index contributed by atoms with van der Waals surface area (Å²) in [5.74, 6) is 1.83. The van der Waals surface area contributed by atoms with Crippen LogP contribution >= 0.6 is 24.0 Å². The lowest BCUT2D eigenvalue weighted by Gasteiger charge is -2.35. The van der Waals surface area contributed by atoms with Crippen molar-refractivity contribution in [2.24, 2.45) is 10.9 Å². The Hall–Kier alpha value is -0.0400. The molecule has 124 valence electrons. The molecule has 0 bridgehead atoms. The minimum Gasteiger partial charge on any atom is -0.355 e. The Morgan fingerprint density at radius 2 is 1.95 bits per heavy atom. The van der Waals surface area contributed by atoms with Crippen LogP contribution in [0.5, 0.6) is 0 Å². The first-order valence-electron chi connectivity index (χ1n) is 8.40. The van der Waals surface area contributed by atoms with Crippen LogP contribution in [-0.4, -0.2) is 49.6 Å². The predicted octanol–water partition coefficient (Wildman–Crippen LogP) is 2.83. The van der Waals surface area contributed by atoms with Crippen LogP contribution in [0, 0.1) is 5.92 Å². The maximum absolute atomic E-state index is 4.36. The second-order valence-corrected chi connectivity index (χ2v) is 6.67. The van der Waals surface area contributed by atoms with Gasteiger partial charge in [-0.15, -0.1) is 24.0 Å². The molecule has 2 unspecified atom stereocenters. The molecule has 5 heteroatoms. The Morgan fingerprint density at radius 1 is 1.24 bits per heavy atom. The minimum atomic E-state index is 0. The standard InChI is InChI=1S/C16H32N4.HI/c1-13-7-6-10-20(12-13)14(2)11-18-16(17-3)19-15-8-4-5-9-15;/h13-15H,4-12H2,1-3H3,(H2,17,18,19);1H. The third-order valence-corrected chi connectivity index (χ3v) is 4.80. The third kappa shape index (κ3) is 6.30. The molecule has 2 aliphatic rings. The lowest BCUT2D eigenvalue weighted by Crippen LogP contribution is -2.49. The Bertz CT molecular complexity index is 315. The van der Waals surface area contributed by atoms with E-state index in [2.05, 4.69) is 34.4 Å². The van der Waals surface area contributed by atoms with Crippen LogP contribution < -0.4 is 10.6 Å². The van der Waals surface area contributed by atoms with Gasteiger partial charge in [0, 0.05) is 32.2 Å². The number of likely N-dealkylation sites (tertiary alicyclic amines) is 1. The Balaban J connectivity index is 0.00000220. The molecule has 1 heterocycles. The normalized spacial score (nSPS) is 26.2. The summed E-state index contributed by atoms with van der Waals surface area (Å²) in [6, 6.07) is 1.21. The van der Waals surface area contributed by atoms with Crippen molar-refractivity contribution in [2.75, 3.05) is 26.7 Å². The van der Waals surface area contributed by atoms with Crippen LogP contribution in [0.15, 0.2) is 4.99 Å². The average Bonchev–Trinajstić information content (AvgIpc) is 2.96. The van der Waals surface area contributed by atoms with Crippen molar-refractivity contribution in [2.45, 2.75) is 64.5 Å². The van der Waals surface area contributed by atoms with Crippen LogP contribution in [0.4, 0.5) is 0 Å². The van der Waals surface area contributed by atoms with E-state index in [9.17, 15) is 0 Å². The summed E-state index contributed by atoms with van der Waals surface area (Å²) in [5, 5.41) is 7.06. The number of nitrogens with zero attached hydrogens (tertiary/aromatic N) is 2. The molecule has 2 atom stereocenters. The predicted molar refractivity (Wildman–Crippen MR) is 102 cm³/mol. The molecule has 4 nitrogen and oxygen atoms in total. The van der Waals surface area contributed by atoms with E-state index in [1.54, 1.807) is 0 Å². The van der Waals surface area contributed by atoms with Gasteiger partial charge in [0.15, 0.2) is 5.96 Å². The zero-order valence-electron chi connectivity index (χ0n) is 13.9. The molecule has 2 rings (SSSR count). The van der Waals surface area contributed by atoms with Crippen molar-refractivity contribution in [1.82, 2.24) is 15.5 Å². The van der Waals surface area contributed by atoms with E-state index in [0.717, 1.165) is 18.4 Å². The van der Waals surface area contributed by atoms with Gasteiger partial charge in [-0.3, -0.25) is 9.89 Å². The molecular weight excluding hydrogens is 375 g/mol. The number of halogens is 1.